The van der Waals surface area contributed by atoms with Crippen molar-refractivity contribution >= 4 is 5.91 Å². The van der Waals surface area contributed by atoms with Gasteiger partial charge in [0.25, 0.3) is 5.91 Å². The standard InChI is InChI=1S/C14H15N3O2/c1-8-4-9(5-15-16-8)14(18)17-6-10-11(7-17)13-3-2-12(10)19-13/h2-5,10-13H,6-7H2,1H3. The van der Waals surface area contributed by atoms with Crippen molar-refractivity contribution in [2.24, 2.45) is 11.8 Å². The third-order valence-electron chi connectivity index (χ3n) is 4.37. The van der Waals surface area contributed by atoms with E-state index in [0.29, 0.717) is 17.4 Å². The Bertz CT molecular complexity index is 552. The number of rotatable bonds is 1. The lowest BCUT2D eigenvalue weighted by Gasteiger charge is -2.18. The number of likely N-dealkylation sites (tertiary alicyclic amines) is 1. The molecule has 0 aliphatic carbocycles. The third kappa shape index (κ3) is 1.61. The molecule has 2 saturated heterocycles. The van der Waals surface area contributed by atoms with Gasteiger partial charge in [0.05, 0.1) is 29.7 Å². The molecule has 4 heterocycles. The van der Waals surface area contributed by atoms with Crippen LogP contribution in [0.4, 0.5) is 0 Å². The molecule has 4 atom stereocenters. The van der Waals surface area contributed by atoms with E-state index in [2.05, 4.69) is 22.3 Å². The van der Waals surface area contributed by atoms with E-state index in [4.69, 9.17) is 4.74 Å². The molecule has 0 aromatic carbocycles. The zero-order chi connectivity index (χ0) is 13.0. The van der Waals surface area contributed by atoms with E-state index in [1.807, 2.05) is 11.8 Å². The molecular weight excluding hydrogens is 242 g/mol. The number of nitrogens with zero attached hydrogens (tertiary/aromatic N) is 3. The minimum absolute atomic E-state index is 0.0619. The number of hydrogen-bond acceptors (Lipinski definition) is 4. The Morgan fingerprint density at radius 1 is 1.32 bits per heavy atom. The van der Waals surface area contributed by atoms with Gasteiger partial charge in [-0.1, -0.05) is 12.2 Å². The first kappa shape index (κ1) is 11.1. The van der Waals surface area contributed by atoms with E-state index < -0.39 is 0 Å². The van der Waals surface area contributed by atoms with Gasteiger partial charge in [-0.15, -0.1) is 0 Å². The summed E-state index contributed by atoms with van der Waals surface area (Å²) in [5.41, 5.74) is 1.41. The van der Waals surface area contributed by atoms with Crippen LogP contribution >= 0.6 is 0 Å². The average molecular weight is 257 g/mol. The highest BCUT2D eigenvalue weighted by atomic mass is 16.5. The van der Waals surface area contributed by atoms with Crippen molar-refractivity contribution in [1.29, 1.82) is 0 Å². The van der Waals surface area contributed by atoms with Gasteiger partial charge in [-0.05, 0) is 13.0 Å². The smallest absolute Gasteiger partial charge is 0.255 e. The number of aryl methyl sites for hydroxylation is 1. The van der Waals surface area contributed by atoms with E-state index >= 15 is 0 Å². The maximum Gasteiger partial charge on any atom is 0.255 e. The molecule has 0 saturated carbocycles. The van der Waals surface area contributed by atoms with E-state index in [1.54, 1.807) is 12.3 Å². The summed E-state index contributed by atoms with van der Waals surface area (Å²) in [4.78, 5) is 14.4. The second kappa shape index (κ2) is 3.87. The van der Waals surface area contributed by atoms with Crippen molar-refractivity contribution in [3.63, 3.8) is 0 Å². The molecule has 1 aromatic rings. The third-order valence-corrected chi connectivity index (χ3v) is 4.37. The topological polar surface area (TPSA) is 55.3 Å². The van der Waals surface area contributed by atoms with Gasteiger partial charge in [0.15, 0.2) is 0 Å². The van der Waals surface area contributed by atoms with E-state index in [-0.39, 0.29) is 18.1 Å². The van der Waals surface area contributed by atoms with Crippen molar-refractivity contribution in [2.45, 2.75) is 19.1 Å². The molecule has 98 valence electrons. The molecule has 0 radical (unpaired) electrons. The van der Waals surface area contributed by atoms with Gasteiger partial charge in [-0.2, -0.15) is 10.2 Å². The molecule has 19 heavy (non-hydrogen) atoms. The molecule has 1 amide bonds. The first-order chi connectivity index (χ1) is 9.22. The number of ether oxygens (including phenoxy) is 1. The van der Waals surface area contributed by atoms with E-state index in [0.717, 1.165) is 18.8 Å². The SMILES string of the molecule is Cc1cc(C(=O)N2CC3C4C=CC(O4)C3C2)cnn1. The molecule has 3 aliphatic rings. The molecule has 0 N–H and O–H groups in total. The summed E-state index contributed by atoms with van der Waals surface area (Å²) in [6.07, 6.45) is 6.25. The summed E-state index contributed by atoms with van der Waals surface area (Å²) >= 11 is 0. The molecular formula is C14H15N3O2. The van der Waals surface area contributed by atoms with Gasteiger partial charge in [0.1, 0.15) is 0 Å². The van der Waals surface area contributed by atoms with Gasteiger partial charge >= 0.3 is 0 Å². The summed E-state index contributed by atoms with van der Waals surface area (Å²) in [5.74, 6) is 0.997. The lowest BCUT2D eigenvalue weighted by Crippen LogP contribution is -2.31. The van der Waals surface area contributed by atoms with Gasteiger partial charge in [-0.25, -0.2) is 0 Å². The fourth-order valence-corrected chi connectivity index (χ4v) is 3.47. The maximum atomic E-state index is 12.5. The van der Waals surface area contributed by atoms with Gasteiger partial charge in [0, 0.05) is 24.9 Å². The summed E-state index contributed by atoms with van der Waals surface area (Å²) in [7, 11) is 0. The maximum absolute atomic E-state index is 12.5. The normalized spacial score (nSPS) is 34.9. The number of carbonyl (C=O) groups excluding carboxylic acids is 1. The predicted molar refractivity (Wildman–Crippen MR) is 67.5 cm³/mol. The number of carbonyl (C=O) groups is 1. The Labute approximate surface area is 111 Å². The molecule has 4 rings (SSSR count). The van der Waals surface area contributed by atoms with Crippen molar-refractivity contribution in [3.05, 3.63) is 35.7 Å². The van der Waals surface area contributed by atoms with Gasteiger partial charge in [-0.3, -0.25) is 4.79 Å². The quantitative estimate of drug-likeness (QED) is 0.699. The minimum Gasteiger partial charge on any atom is -0.366 e. The molecule has 3 aliphatic heterocycles. The summed E-state index contributed by atoms with van der Waals surface area (Å²) in [6.45, 7) is 3.42. The van der Waals surface area contributed by atoms with Crippen LogP contribution in [0.15, 0.2) is 24.4 Å². The first-order valence-corrected chi connectivity index (χ1v) is 6.65. The van der Waals surface area contributed by atoms with E-state index in [1.165, 1.54) is 0 Å². The van der Waals surface area contributed by atoms with Crippen LogP contribution in [-0.4, -0.2) is 46.3 Å². The van der Waals surface area contributed by atoms with Crippen LogP contribution in [0.5, 0.6) is 0 Å². The Hall–Kier alpha value is -1.75. The van der Waals surface area contributed by atoms with Crippen LogP contribution in [0.2, 0.25) is 0 Å². The molecule has 2 bridgehead atoms. The minimum atomic E-state index is 0.0619. The molecule has 5 heteroatoms. The number of fused-ring (bicyclic) bond motifs is 5. The fraction of sp³-hybridized carbons (Fsp3) is 0.500. The zero-order valence-electron chi connectivity index (χ0n) is 10.7. The molecule has 1 aromatic heterocycles. The van der Waals surface area contributed by atoms with Crippen LogP contribution in [0.3, 0.4) is 0 Å². The molecule has 5 nitrogen and oxygen atoms in total. The summed E-state index contributed by atoms with van der Waals surface area (Å²) in [6, 6.07) is 1.80. The molecule has 2 fully saturated rings. The second-order valence-corrected chi connectivity index (χ2v) is 5.57. The predicted octanol–water partition coefficient (Wildman–Crippen LogP) is 0.810. The van der Waals surface area contributed by atoms with Crippen LogP contribution < -0.4 is 0 Å². The zero-order valence-corrected chi connectivity index (χ0v) is 10.7. The summed E-state index contributed by atoms with van der Waals surface area (Å²) < 4.78 is 5.82. The van der Waals surface area contributed by atoms with E-state index in [9.17, 15) is 4.79 Å². The van der Waals surface area contributed by atoms with Crippen molar-refractivity contribution in [1.82, 2.24) is 15.1 Å². The van der Waals surface area contributed by atoms with Crippen molar-refractivity contribution in [3.8, 4) is 0 Å². The Morgan fingerprint density at radius 2 is 2.00 bits per heavy atom. The summed E-state index contributed by atoms with van der Waals surface area (Å²) in [5, 5.41) is 7.75. The molecule has 4 unspecified atom stereocenters. The van der Waals surface area contributed by atoms with Crippen molar-refractivity contribution in [2.75, 3.05) is 13.1 Å². The van der Waals surface area contributed by atoms with Gasteiger partial charge in [0.2, 0.25) is 0 Å². The largest absolute Gasteiger partial charge is 0.366 e. The lowest BCUT2D eigenvalue weighted by molar-refractivity contribution is 0.0655. The first-order valence-electron chi connectivity index (χ1n) is 6.65. The highest BCUT2D eigenvalue weighted by Crippen LogP contribution is 2.43. The lowest BCUT2D eigenvalue weighted by atomic mass is 9.86. The van der Waals surface area contributed by atoms with Crippen LogP contribution in [0.1, 0.15) is 16.1 Å². The van der Waals surface area contributed by atoms with Crippen LogP contribution in [0, 0.1) is 18.8 Å². The highest BCUT2D eigenvalue weighted by molar-refractivity contribution is 5.94. The average Bonchev–Trinajstić information content (AvgIpc) is 3.10. The second-order valence-electron chi connectivity index (χ2n) is 5.57. The molecule has 0 spiro atoms. The monoisotopic (exact) mass is 257 g/mol. The number of hydrogen-bond donors (Lipinski definition) is 0. The van der Waals surface area contributed by atoms with Gasteiger partial charge < -0.3 is 9.64 Å². The van der Waals surface area contributed by atoms with Crippen LogP contribution in [0.25, 0.3) is 0 Å². The highest BCUT2D eigenvalue weighted by Gasteiger charge is 2.51. The fourth-order valence-electron chi connectivity index (χ4n) is 3.47. The van der Waals surface area contributed by atoms with Crippen LogP contribution in [-0.2, 0) is 4.74 Å². The Morgan fingerprint density at radius 3 is 2.63 bits per heavy atom. The Kier molecular flexibility index (Phi) is 2.26. The number of aromatic nitrogens is 2. The number of amides is 1. The van der Waals surface area contributed by atoms with Crippen molar-refractivity contribution < 1.29 is 9.53 Å². The Balaban J connectivity index is 1.55.